The molecule has 0 radical (unpaired) electrons. The van der Waals surface area contributed by atoms with E-state index in [1.165, 1.54) is 0 Å². The Kier molecular flexibility index (Phi) is 6.60. The van der Waals surface area contributed by atoms with E-state index in [0.717, 1.165) is 16.7 Å². The van der Waals surface area contributed by atoms with Crippen molar-refractivity contribution >= 4 is 34.6 Å². The molecular formula is C30H24N8O2. The number of aromatic hydroxyl groups is 1. The summed E-state index contributed by atoms with van der Waals surface area (Å²) < 4.78 is 1.74. The van der Waals surface area contributed by atoms with Gasteiger partial charge < -0.3 is 15.7 Å². The van der Waals surface area contributed by atoms with Crippen molar-refractivity contribution in [2.24, 2.45) is 9.98 Å². The molecule has 40 heavy (non-hydrogen) atoms. The summed E-state index contributed by atoms with van der Waals surface area (Å²) >= 11 is 0. The Labute approximate surface area is 229 Å². The molecule has 0 spiro atoms. The summed E-state index contributed by atoms with van der Waals surface area (Å²) in [7, 11) is 0. The van der Waals surface area contributed by atoms with Gasteiger partial charge in [0.15, 0.2) is 0 Å². The van der Waals surface area contributed by atoms with Gasteiger partial charge in [-0.3, -0.25) is 9.79 Å². The molecular weight excluding hydrogens is 504 g/mol. The van der Waals surface area contributed by atoms with Gasteiger partial charge in [0.05, 0.1) is 34.8 Å². The van der Waals surface area contributed by atoms with Gasteiger partial charge in [-0.15, -0.1) is 5.10 Å². The zero-order valence-corrected chi connectivity index (χ0v) is 21.3. The molecule has 2 aliphatic rings. The number of hydrogen-bond donors (Lipinski definition) is 3. The molecule has 0 fully saturated rings. The number of fused-ring (bicyclic) bond motifs is 2. The van der Waals surface area contributed by atoms with Crippen LogP contribution in [-0.4, -0.2) is 57.1 Å². The molecule has 4 aromatic rings. The van der Waals surface area contributed by atoms with E-state index in [9.17, 15) is 9.90 Å². The number of dihydropyridines is 1. The number of aliphatic imine (C=N–C) groups is 2. The second-order valence-electron chi connectivity index (χ2n) is 9.28. The van der Waals surface area contributed by atoms with Gasteiger partial charge in [0.25, 0.3) is 5.91 Å². The van der Waals surface area contributed by atoms with Crippen LogP contribution < -0.4 is 10.6 Å². The first-order valence-electron chi connectivity index (χ1n) is 12.8. The summed E-state index contributed by atoms with van der Waals surface area (Å²) in [6.07, 6.45) is 4.32. The number of para-hydroxylation sites is 2. The zero-order valence-electron chi connectivity index (χ0n) is 21.3. The highest BCUT2D eigenvalue weighted by atomic mass is 16.3. The van der Waals surface area contributed by atoms with Gasteiger partial charge in [-0.1, -0.05) is 29.5 Å². The van der Waals surface area contributed by atoms with Gasteiger partial charge in [-0.25, -0.2) is 9.67 Å². The van der Waals surface area contributed by atoms with Gasteiger partial charge in [0, 0.05) is 29.9 Å². The lowest BCUT2D eigenvalue weighted by Gasteiger charge is -2.22. The highest BCUT2D eigenvalue weighted by Gasteiger charge is 2.32. The fourth-order valence-corrected chi connectivity index (χ4v) is 4.66. The van der Waals surface area contributed by atoms with Gasteiger partial charge in [0.2, 0.25) is 0 Å². The maximum Gasteiger partial charge on any atom is 0.251 e. The third-order valence-corrected chi connectivity index (χ3v) is 6.70. The smallest absolute Gasteiger partial charge is 0.251 e. The number of aromatic nitrogens is 3. The molecule has 3 N–H and O–H groups in total. The standard InChI is InChI=1S/C30H24N8O2/c31-17-19-10-12-20(13-11-19)30(40)33-15-5-14-32-24-16-23(21-6-1-4-9-27(21)39)35-29-26(18-34-28(24)29)38-25-8-3-2-7-22(25)36-37-38/h1-4,6-13,16,18,28,32,39H,5,14-15H2,(H,33,40). The lowest BCUT2D eigenvalue weighted by atomic mass is 10.0. The van der Waals surface area contributed by atoms with E-state index in [0.29, 0.717) is 53.3 Å². The van der Waals surface area contributed by atoms with Crippen molar-refractivity contribution in [3.05, 3.63) is 107 Å². The number of nitriles is 1. The Morgan fingerprint density at radius 1 is 1.02 bits per heavy atom. The molecule has 1 unspecified atom stereocenters. The number of phenolic OH excluding ortho intramolecular Hbond substituents is 1. The van der Waals surface area contributed by atoms with E-state index in [4.69, 9.17) is 15.2 Å². The Bertz CT molecular complexity index is 1770. The Hall–Kier alpha value is -5.56. The van der Waals surface area contributed by atoms with Crippen molar-refractivity contribution in [3.63, 3.8) is 0 Å². The van der Waals surface area contributed by atoms with Crippen molar-refractivity contribution in [3.8, 4) is 11.8 Å². The van der Waals surface area contributed by atoms with Gasteiger partial charge in [-0.05, 0) is 61.0 Å². The van der Waals surface area contributed by atoms with E-state index in [2.05, 4.69) is 20.9 Å². The molecule has 0 aliphatic carbocycles. The van der Waals surface area contributed by atoms with Crippen LogP contribution in [0.25, 0.3) is 16.7 Å². The Balaban J connectivity index is 1.21. The SMILES string of the molecule is N#Cc1ccc(C(=O)NCCCNC2=CC(c3ccccc3O)=NC3=C(n4nnc5ccccc54)C=NC23)cc1. The number of amides is 1. The van der Waals surface area contributed by atoms with Crippen LogP contribution in [0.4, 0.5) is 0 Å². The van der Waals surface area contributed by atoms with E-state index in [-0.39, 0.29) is 17.7 Å². The predicted octanol–water partition coefficient (Wildman–Crippen LogP) is 3.43. The molecule has 0 saturated heterocycles. The second-order valence-corrected chi connectivity index (χ2v) is 9.28. The number of carbonyl (C=O) groups excluding carboxylic acids is 1. The van der Waals surface area contributed by atoms with Crippen molar-refractivity contribution in [1.29, 1.82) is 5.26 Å². The summed E-state index contributed by atoms with van der Waals surface area (Å²) in [5.41, 5.74) is 6.10. The number of allylic oxidation sites excluding steroid dienone is 2. The highest BCUT2D eigenvalue weighted by Crippen LogP contribution is 2.33. The number of nitrogens with zero attached hydrogens (tertiary/aromatic N) is 6. The lowest BCUT2D eigenvalue weighted by molar-refractivity contribution is 0.0953. The number of hydrogen-bond acceptors (Lipinski definition) is 8. The first-order chi connectivity index (χ1) is 19.6. The van der Waals surface area contributed by atoms with Gasteiger partial charge in [-0.2, -0.15) is 5.26 Å². The Morgan fingerprint density at radius 2 is 1.82 bits per heavy atom. The van der Waals surface area contributed by atoms with Crippen molar-refractivity contribution in [1.82, 2.24) is 25.6 Å². The van der Waals surface area contributed by atoms with Gasteiger partial charge in [0.1, 0.15) is 23.0 Å². The van der Waals surface area contributed by atoms with Crippen LogP contribution in [0.1, 0.15) is 27.9 Å². The van der Waals surface area contributed by atoms with E-state index < -0.39 is 0 Å². The van der Waals surface area contributed by atoms with Gasteiger partial charge >= 0.3 is 0 Å². The zero-order chi connectivity index (χ0) is 27.5. The van der Waals surface area contributed by atoms with Crippen molar-refractivity contribution < 1.29 is 9.90 Å². The largest absolute Gasteiger partial charge is 0.507 e. The molecule has 0 saturated carbocycles. The number of phenols is 1. The molecule has 1 aromatic heterocycles. The molecule has 3 heterocycles. The highest BCUT2D eigenvalue weighted by molar-refractivity contribution is 6.15. The third kappa shape index (κ3) is 4.72. The summed E-state index contributed by atoms with van der Waals surface area (Å²) in [5, 5.41) is 34.5. The summed E-state index contributed by atoms with van der Waals surface area (Å²) in [6, 6.07) is 23.0. The molecule has 1 amide bonds. The molecule has 1 atom stereocenters. The lowest BCUT2D eigenvalue weighted by Crippen LogP contribution is -2.31. The molecule has 6 rings (SSSR count). The summed E-state index contributed by atoms with van der Waals surface area (Å²) in [6.45, 7) is 1.04. The van der Waals surface area contributed by atoms with E-state index in [1.54, 1.807) is 47.3 Å². The number of rotatable bonds is 8. The quantitative estimate of drug-likeness (QED) is 0.299. The Morgan fingerprint density at radius 3 is 2.65 bits per heavy atom. The van der Waals surface area contributed by atoms with Crippen LogP contribution in [0.3, 0.4) is 0 Å². The summed E-state index contributed by atoms with van der Waals surface area (Å²) in [5.74, 6) is -0.0567. The maximum atomic E-state index is 12.4. The fraction of sp³-hybridized carbons (Fsp3) is 0.133. The third-order valence-electron chi connectivity index (χ3n) is 6.70. The topological polar surface area (TPSA) is 141 Å². The second kappa shape index (κ2) is 10.7. The van der Waals surface area contributed by atoms with Crippen molar-refractivity contribution in [2.45, 2.75) is 12.5 Å². The minimum absolute atomic E-state index is 0.132. The average Bonchev–Trinajstić information content (AvgIpc) is 3.61. The number of nitrogens with one attached hydrogen (secondary N) is 2. The average molecular weight is 529 g/mol. The van der Waals surface area contributed by atoms with Crippen LogP contribution >= 0.6 is 0 Å². The van der Waals surface area contributed by atoms with Crippen molar-refractivity contribution in [2.75, 3.05) is 13.1 Å². The molecule has 3 aromatic carbocycles. The fourth-order valence-electron chi connectivity index (χ4n) is 4.66. The molecule has 2 aliphatic heterocycles. The molecule has 10 heteroatoms. The number of carbonyl (C=O) groups is 1. The number of benzene rings is 3. The molecule has 196 valence electrons. The monoisotopic (exact) mass is 528 g/mol. The maximum absolute atomic E-state index is 12.4. The van der Waals surface area contributed by atoms with E-state index >= 15 is 0 Å². The van der Waals surface area contributed by atoms with Crippen LogP contribution in [0, 0.1) is 11.3 Å². The summed E-state index contributed by atoms with van der Waals surface area (Å²) in [4.78, 5) is 22.1. The predicted molar refractivity (Wildman–Crippen MR) is 152 cm³/mol. The van der Waals surface area contributed by atoms with E-state index in [1.807, 2.05) is 48.5 Å². The van der Waals surface area contributed by atoms with Crippen LogP contribution in [0.2, 0.25) is 0 Å². The van der Waals surface area contributed by atoms with Crippen LogP contribution in [0.15, 0.2) is 100 Å². The van der Waals surface area contributed by atoms with Crippen LogP contribution in [-0.2, 0) is 0 Å². The first kappa shape index (κ1) is 24.8. The molecule has 0 bridgehead atoms. The molecule has 10 nitrogen and oxygen atoms in total. The normalized spacial score (nSPS) is 15.8. The minimum Gasteiger partial charge on any atom is -0.507 e. The minimum atomic E-state index is -0.360. The van der Waals surface area contributed by atoms with Crippen LogP contribution in [0.5, 0.6) is 5.75 Å². The first-order valence-corrected chi connectivity index (χ1v) is 12.8.